The third-order valence-corrected chi connectivity index (χ3v) is 5.45. The summed E-state index contributed by atoms with van der Waals surface area (Å²) >= 11 is 0. The molecule has 0 saturated carbocycles. The van der Waals surface area contributed by atoms with Crippen molar-refractivity contribution >= 4 is 16.0 Å². The molecule has 3 unspecified atom stereocenters. The van der Waals surface area contributed by atoms with Gasteiger partial charge in [-0.15, -0.1) is 0 Å². The summed E-state index contributed by atoms with van der Waals surface area (Å²) in [5.74, 6) is -1.29. The Labute approximate surface area is 136 Å². The zero-order valence-corrected chi connectivity index (χ0v) is 14.1. The number of hydrogen-bond acceptors (Lipinski definition) is 6. The van der Waals surface area contributed by atoms with Crippen molar-refractivity contribution in [2.75, 3.05) is 6.61 Å². The molecule has 8 heteroatoms. The minimum atomic E-state index is -3.74. The van der Waals surface area contributed by atoms with E-state index in [0.717, 1.165) is 5.56 Å². The number of benzene rings is 1. The van der Waals surface area contributed by atoms with Crippen LogP contribution in [0.3, 0.4) is 0 Å². The van der Waals surface area contributed by atoms with Gasteiger partial charge in [-0.1, -0.05) is 37.3 Å². The molecular formula is C15H23N3O4S. The SMILES string of the molecule is CCOC(=O)C1C(CC)NNC1S(=O)(=O)NCc1ccccc1. The second-order valence-electron chi connectivity index (χ2n) is 5.35. The summed E-state index contributed by atoms with van der Waals surface area (Å²) in [6.07, 6.45) is 0.612. The van der Waals surface area contributed by atoms with Crippen molar-refractivity contribution in [1.82, 2.24) is 15.6 Å². The zero-order chi connectivity index (χ0) is 16.9. The average molecular weight is 341 g/mol. The second-order valence-corrected chi connectivity index (χ2v) is 7.24. The number of esters is 1. The Balaban J connectivity index is 2.11. The van der Waals surface area contributed by atoms with Crippen molar-refractivity contribution in [3.63, 3.8) is 0 Å². The van der Waals surface area contributed by atoms with E-state index in [9.17, 15) is 13.2 Å². The first-order valence-electron chi connectivity index (χ1n) is 7.69. The third-order valence-electron chi connectivity index (χ3n) is 3.82. The monoisotopic (exact) mass is 341 g/mol. The quantitative estimate of drug-likeness (QED) is 0.625. The van der Waals surface area contributed by atoms with E-state index in [1.165, 1.54) is 0 Å². The zero-order valence-electron chi connectivity index (χ0n) is 13.3. The molecule has 3 N–H and O–H groups in total. The van der Waals surface area contributed by atoms with Gasteiger partial charge in [-0.2, -0.15) is 0 Å². The van der Waals surface area contributed by atoms with Crippen molar-refractivity contribution in [2.45, 2.75) is 38.2 Å². The van der Waals surface area contributed by atoms with E-state index < -0.39 is 27.3 Å². The molecule has 1 aromatic rings. The first-order valence-corrected chi connectivity index (χ1v) is 9.24. The topological polar surface area (TPSA) is 96.5 Å². The highest BCUT2D eigenvalue weighted by Gasteiger charge is 2.47. The molecule has 1 heterocycles. The lowest BCUT2D eigenvalue weighted by molar-refractivity contribution is -0.148. The highest BCUT2D eigenvalue weighted by Crippen LogP contribution is 2.23. The van der Waals surface area contributed by atoms with Crippen LogP contribution in [0.25, 0.3) is 0 Å². The van der Waals surface area contributed by atoms with Gasteiger partial charge < -0.3 is 4.74 Å². The fraction of sp³-hybridized carbons (Fsp3) is 0.533. The van der Waals surface area contributed by atoms with Crippen molar-refractivity contribution in [3.8, 4) is 0 Å². The van der Waals surface area contributed by atoms with Crippen LogP contribution >= 0.6 is 0 Å². The second kappa shape index (κ2) is 7.87. The molecule has 7 nitrogen and oxygen atoms in total. The van der Waals surface area contributed by atoms with Gasteiger partial charge in [-0.3, -0.25) is 10.2 Å². The standard InChI is InChI=1S/C15H23N3O4S/c1-3-12-13(15(19)22-4-2)14(18-17-12)23(20,21)16-10-11-8-6-5-7-9-11/h5-9,12-14,16-18H,3-4,10H2,1-2H3. The minimum Gasteiger partial charge on any atom is -0.466 e. The molecule has 0 bridgehead atoms. The smallest absolute Gasteiger partial charge is 0.313 e. The minimum absolute atomic E-state index is 0.174. The summed E-state index contributed by atoms with van der Waals surface area (Å²) in [7, 11) is -3.74. The summed E-state index contributed by atoms with van der Waals surface area (Å²) < 4.78 is 32.7. The predicted octanol–water partition coefficient (Wildman–Crippen LogP) is 0.498. The highest BCUT2D eigenvalue weighted by atomic mass is 32.2. The van der Waals surface area contributed by atoms with E-state index >= 15 is 0 Å². The molecule has 3 atom stereocenters. The molecule has 1 saturated heterocycles. The maximum Gasteiger partial charge on any atom is 0.313 e. The molecule has 2 rings (SSSR count). The molecule has 0 aromatic heterocycles. The normalized spacial score (nSPS) is 24.5. The Hall–Kier alpha value is -1.48. The van der Waals surface area contributed by atoms with Crippen LogP contribution in [0.15, 0.2) is 30.3 Å². The van der Waals surface area contributed by atoms with Crippen molar-refractivity contribution in [1.29, 1.82) is 0 Å². The van der Waals surface area contributed by atoms with Gasteiger partial charge in [0.2, 0.25) is 10.0 Å². The van der Waals surface area contributed by atoms with Crippen LogP contribution in [-0.2, 0) is 26.1 Å². The Bertz CT molecular complexity index is 621. The number of nitrogens with one attached hydrogen (secondary N) is 3. The van der Waals surface area contributed by atoms with Gasteiger partial charge in [0, 0.05) is 12.6 Å². The third kappa shape index (κ3) is 4.29. The van der Waals surface area contributed by atoms with Crippen LogP contribution in [0, 0.1) is 5.92 Å². The van der Waals surface area contributed by atoms with Crippen LogP contribution in [0.5, 0.6) is 0 Å². The van der Waals surface area contributed by atoms with Crippen molar-refractivity contribution < 1.29 is 17.9 Å². The first kappa shape index (κ1) is 17.9. The number of hydrogen-bond donors (Lipinski definition) is 3. The van der Waals surface area contributed by atoms with Crippen LogP contribution in [0.1, 0.15) is 25.8 Å². The van der Waals surface area contributed by atoms with Crippen LogP contribution < -0.4 is 15.6 Å². The number of carbonyl (C=O) groups excluding carboxylic acids is 1. The summed E-state index contributed by atoms with van der Waals surface area (Å²) in [4.78, 5) is 12.2. The number of sulfonamides is 1. The van der Waals surface area contributed by atoms with Gasteiger partial charge in [-0.05, 0) is 18.9 Å². The predicted molar refractivity (Wildman–Crippen MR) is 86.5 cm³/mol. The van der Waals surface area contributed by atoms with Gasteiger partial charge in [-0.25, -0.2) is 18.6 Å². The largest absolute Gasteiger partial charge is 0.466 e. The van der Waals surface area contributed by atoms with E-state index in [4.69, 9.17) is 4.74 Å². The maximum atomic E-state index is 12.6. The number of hydrazine groups is 1. The van der Waals surface area contributed by atoms with Crippen LogP contribution in [-0.4, -0.2) is 32.4 Å². The summed E-state index contributed by atoms with van der Waals surface area (Å²) in [5, 5.41) is -1.06. The van der Waals surface area contributed by atoms with Gasteiger partial charge >= 0.3 is 5.97 Å². The Kier molecular flexibility index (Phi) is 6.11. The molecule has 0 spiro atoms. The van der Waals surface area contributed by atoms with Crippen LogP contribution in [0.2, 0.25) is 0 Å². The number of carbonyl (C=O) groups is 1. The lowest BCUT2D eigenvalue weighted by Gasteiger charge is -2.21. The summed E-state index contributed by atoms with van der Waals surface area (Å²) in [6.45, 7) is 3.98. The first-order chi connectivity index (χ1) is 11.0. The molecule has 1 fully saturated rings. The molecule has 1 aliphatic rings. The van der Waals surface area contributed by atoms with E-state index in [1.807, 2.05) is 37.3 Å². The maximum absolute atomic E-state index is 12.6. The molecule has 0 radical (unpaired) electrons. The molecule has 1 aliphatic heterocycles. The number of ether oxygens (including phenoxy) is 1. The molecule has 1 aromatic carbocycles. The Morgan fingerprint density at radius 1 is 1.22 bits per heavy atom. The van der Waals surface area contributed by atoms with Crippen molar-refractivity contribution in [3.05, 3.63) is 35.9 Å². The van der Waals surface area contributed by atoms with Gasteiger partial charge in [0.25, 0.3) is 0 Å². The van der Waals surface area contributed by atoms with Crippen LogP contribution in [0.4, 0.5) is 0 Å². The van der Waals surface area contributed by atoms with Gasteiger partial charge in [0.15, 0.2) is 5.37 Å². The Morgan fingerprint density at radius 2 is 1.91 bits per heavy atom. The van der Waals surface area contributed by atoms with E-state index in [-0.39, 0.29) is 19.2 Å². The van der Waals surface area contributed by atoms with Gasteiger partial charge in [0.1, 0.15) is 5.92 Å². The molecule has 0 amide bonds. The van der Waals surface area contributed by atoms with E-state index in [1.54, 1.807) is 6.92 Å². The average Bonchev–Trinajstić information content (AvgIpc) is 2.99. The molecule has 128 valence electrons. The van der Waals surface area contributed by atoms with Gasteiger partial charge in [0.05, 0.1) is 6.61 Å². The highest BCUT2D eigenvalue weighted by molar-refractivity contribution is 7.90. The molecule has 0 aliphatic carbocycles. The van der Waals surface area contributed by atoms with E-state index in [0.29, 0.717) is 6.42 Å². The fourth-order valence-corrected chi connectivity index (χ4v) is 4.06. The lowest BCUT2D eigenvalue weighted by Crippen LogP contribution is -2.47. The molecular weight excluding hydrogens is 318 g/mol. The van der Waals surface area contributed by atoms with Crippen molar-refractivity contribution in [2.24, 2.45) is 5.92 Å². The summed E-state index contributed by atoms with van der Waals surface area (Å²) in [5.41, 5.74) is 6.45. The lowest BCUT2D eigenvalue weighted by atomic mass is 10.00. The Morgan fingerprint density at radius 3 is 2.52 bits per heavy atom. The number of rotatable bonds is 7. The molecule has 23 heavy (non-hydrogen) atoms. The van der Waals surface area contributed by atoms with E-state index in [2.05, 4.69) is 15.6 Å². The fourth-order valence-electron chi connectivity index (χ4n) is 2.60. The summed E-state index contributed by atoms with van der Waals surface area (Å²) in [6, 6.07) is 8.93.